The molecule has 2 atom stereocenters. The van der Waals surface area contributed by atoms with Crippen molar-refractivity contribution >= 4 is 17.8 Å². The molecule has 0 radical (unpaired) electrons. The minimum atomic E-state index is -0.918. The van der Waals surface area contributed by atoms with Gasteiger partial charge in [0, 0.05) is 18.9 Å². The summed E-state index contributed by atoms with van der Waals surface area (Å²) in [5.74, 6) is -1.76. The molecule has 2 rings (SSSR count). The van der Waals surface area contributed by atoms with Gasteiger partial charge in [-0.3, -0.25) is 14.4 Å². The predicted molar refractivity (Wildman–Crippen MR) is 119 cm³/mol. The lowest BCUT2D eigenvalue weighted by molar-refractivity contribution is -0.148. The molecule has 31 heavy (non-hydrogen) atoms. The second kappa shape index (κ2) is 12.5. The molecule has 0 unspecified atom stereocenters. The molecule has 0 fully saturated rings. The zero-order valence-electron chi connectivity index (χ0n) is 18.2. The number of amides is 1. The quantitative estimate of drug-likeness (QED) is 0.497. The molecule has 0 aliphatic heterocycles. The number of hydrogen-bond acceptors (Lipinski definition) is 4. The highest BCUT2D eigenvalue weighted by molar-refractivity contribution is 5.77. The minimum Gasteiger partial charge on any atom is -0.481 e. The molecule has 6 nitrogen and oxygen atoms in total. The standard InChI is InChI=1S/C25H31NO5/c1-3-31-25(30)18(2)16-22(26-23(27)10-7-11-24(28)29)17-19-12-14-21(15-13-19)20-8-5-4-6-9-20/h4-6,8-9,12-15,18,22H,3,7,10-11,16-17H2,1-2H3,(H,26,27)(H,28,29)/t18-,22+/m1/s1. The number of rotatable bonds is 12. The van der Waals surface area contributed by atoms with Crippen LogP contribution >= 0.6 is 0 Å². The maximum atomic E-state index is 12.3. The van der Waals surface area contributed by atoms with Crippen LogP contribution in [0.1, 0.15) is 45.1 Å². The second-order valence-corrected chi connectivity index (χ2v) is 7.67. The van der Waals surface area contributed by atoms with Crippen LogP contribution < -0.4 is 5.32 Å². The zero-order valence-corrected chi connectivity index (χ0v) is 18.2. The summed E-state index contributed by atoms with van der Waals surface area (Å²) < 4.78 is 5.10. The summed E-state index contributed by atoms with van der Waals surface area (Å²) in [6, 6.07) is 18.0. The number of esters is 1. The monoisotopic (exact) mass is 425 g/mol. The van der Waals surface area contributed by atoms with E-state index in [0.29, 0.717) is 19.4 Å². The maximum Gasteiger partial charge on any atom is 0.308 e. The van der Waals surface area contributed by atoms with Gasteiger partial charge in [0.1, 0.15) is 0 Å². The van der Waals surface area contributed by atoms with Crippen LogP contribution in [0.4, 0.5) is 0 Å². The number of hydrogen-bond donors (Lipinski definition) is 2. The number of carbonyl (C=O) groups is 3. The van der Waals surface area contributed by atoms with Gasteiger partial charge in [0.05, 0.1) is 12.5 Å². The molecule has 0 saturated carbocycles. The molecular formula is C25H31NO5. The van der Waals surface area contributed by atoms with E-state index in [0.717, 1.165) is 16.7 Å². The van der Waals surface area contributed by atoms with Crippen LogP contribution in [0.25, 0.3) is 11.1 Å². The average Bonchev–Trinajstić information content (AvgIpc) is 2.74. The van der Waals surface area contributed by atoms with Gasteiger partial charge in [0.2, 0.25) is 5.91 Å². The Hall–Kier alpha value is -3.15. The third kappa shape index (κ3) is 8.62. The molecule has 0 heterocycles. The fraction of sp³-hybridized carbons (Fsp3) is 0.400. The zero-order chi connectivity index (χ0) is 22.6. The van der Waals surface area contributed by atoms with E-state index in [4.69, 9.17) is 9.84 Å². The van der Waals surface area contributed by atoms with Crippen molar-refractivity contribution in [3.8, 4) is 11.1 Å². The summed E-state index contributed by atoms with van der Waals surface area (Å²) in [6.07, 6.45) is 1.41. The number of carboxylic acid groups (broad SMARTS) is 1. The highest BCUT2D eigenvalue weighted by atomic mass is 16.5. The number of aliphatic carboxylic acids is 1. The molecule has 6 heteroatoms. The maximum absolute atomic E-state index is 12.3. The van der Waals surface area contributed by atoms with Crippen LogP contribution in [-0.2, 0) is 25.5 Å². The molecule has 0 aliphatic rings. The van der Waals surface area contributed by atoms with E-state index < -0.39 is 5.97 Å². The number of nitrogens with one attached hydrogen (secondary N) is 1. The first-order chi connectivity index (χ1) is 14.9. The normalized spacial score (nSPS) is 12.6. The summed E-state index contributed by atoms with van der Waals surface area (Å²) in [6.45, 7) is 3.87. The summed E-state index contributed by atoms with van der Waals surface area (Å²) >= 11 is 0. The van der Waals surface area contributed by atoms with Crippen LogP contribution in [-0.4, -0.2) is 35.6 Å². The number of ether oxygens (including phenoxy) is 1. The van der Waals surface area contributed by atoms with Gasteiger partial charge in [-0.25, -0.2) is 0 Å². The van der Waals surface area contributed by atoms with Gasteiger partial charge in [0.15, 0.2) is 0 Å². The van der Waals surface area contributed by atoms with Crippen molar-refractivity contribution in [2.45, 2.75) is 52.0 Å². The molecule has 0 saturated heterocycles. The molecule has 0 aliphatic carbocycles. The first-order valence-corrected chi connectivity index (χ1v) is 10.7. The second-order valence-electron chi connectivity index (χ2n) is 7.67. The van der Waals surface area contributed by atoms with Gasteiger partial charge in [-0.2, -0.15) is 0 Å². The highest BCUT2D eigenvalue weighted by Gasteiger charge is 2.22. The van der Waals surface area contributed by atoms with Gasteiger partial charge < -0.3 is 15.2 Å². The SMILES string of the molecule is CCOC(=O)[C@H](C)C[C@@H](Cc1ccc(-c2ccccc2)cc1)NC(=O)CCCC(=O)O. The molecule has 1 amide bonds. The van der Waals surface area contributed by atoms with Crippen molar-refractivity contribution in [3.05, 3.63) is 60.2 Å². The fourth-order valence-electron chi connectivity index (χ4n) is 3.45. The third-order valence-corrected chi connectivity index (χ3v) is 5.03. The summed E-state index contributed by atoms with van der Waals surface area (Å²) in [5, 5.41) is 11.7. The third-order valence-electron chi connectivity index (χ3n) is 5.03. The van der Waals surface area contributed by atoms with E-state index in [1.165, 1.54) is 0 Å². The number of benzene rings is 2. The highest BCUT2D eigenvalue weighted by Crippen LogP contribution is 2.21. The van der Waals surface area contributed by atoms with Crippen molar-refractivity contribution < 1.29 is 24.2 Å². The van der Waals surface area contributed by atoms with E-state index >= 15 is 0 Å². The van der Waals surface area contributed by atoms with Crippen LogP contribution in [0.2, 0.25) is 0 Å². The predicted octanol–water partition coefficient (Wildman–Crippen LogP) is 4.23. The first kappa shape index (κ1) is 24.1. The topological polar surface area (TPSA) is 92.7 Å². The molecule has 2 N–H and O–H groups in total. The van der Waals surface area contributed by atoms with E-state index in [1.54, 1.807) is 13.8 Å². The Kier molecular flexibility index (Phi) is 9.75. The van der Waals surface area contributed by atoms with Gasteiger partial charge in [-0.1, -0.05) is 61.5 Å². The molecule has 166 valence electrons. The smallest absolute Gasteiger partial charge is 0.308 e. The van der Waals surface area contributed by atoms with Crippen LogP contribution in [0.5, 0.6) is 0 Å². The van der Waals surface area contributed by atoms with Crippen molar-refractivity contribution in [1.82, 2.24) is 5.32 Å². The Balaban J connectivity index is 2.05. The van der Waals surface area contributed by atoms with Crippen molar-refractivity contribution in [2.75, 3.05) is 6.61 Å². The Morgan fingerprint density at radius 2 is 1.61 bits per heavy atom. The van der Waals surface area contributed by atoms with Gasteiger partial charge >= 0.3 is 11.9 Å². The van der Waals surface area contributed by atoms with E-state index in [-0.39, 0.29) is 43.1 Å². The molecular weight excluding hydrogens is 394 g/mol. The van der Waals surface area contributed by atoms with E-state index in [2.05, 4.69) is 17.4 Å². The largest absolute Gasteiger partial charge is 0.481 e. The van der Waals surface area contributed by atoms with Gasteiger partial charge in [0.25, 0.3) is 0 Å². The summed E-state index contributed by atoms with van der Waals surface area (Å²) in [7, 11) is 0. The molecule has 2 aromatic rings. The van der Waals surface area contributed by atoms with E-state index in [1.807, 2.05) is 42.5 Å². The Bertz CT molecular complexity index is 848. The number of carboxylic acids is 1. The fourth-order valence-corrected chi connectivity index (χ4v) is 3.45. The van der Waals surface area contributed by atoms with Crippen LogP contribution in [0, 0.1) is 5.92 Å². The van der Waals surface area contributed by atoms with Crippen molar-refractivity contribution in [1.29, 1.82) is 0 Å². The lowest BCUT2D eigenvalue weighted by atomic mass is 9.94. The number of carbonyl (C=O) groups excluding carboxylic acids is 2. The lowest BCUT2D eigenvalue weighted by Gasteiger charge is -2.22. The molecule has 0 spiro atoms. The van der Waals surface area contributed by atoms with Crippen LogP contribution in [0.3, 0.4) is 0 Å². The summed E-state index contributed by atoms with van der Waals surface area (Å²) in [5.41, 5.74) is 3.29. The summed E-state index contributed by atoms with van der Waals surface area (Å²) in [4.78, 5) is 35.1. The molecule has 2 aromatic carbocycles. The Labute approximate surface area is 183 Å². The van der Waals surface area contributed by atoms with Gasteiger partial charge in [-0.05, 0) is 42.9 Å². The van der Waals surface area contributed by atoms with Crippen molar-refractivity contribution in [3.63, 3.8) is 0 Å². The average molecular weight is 426 g/mol. The molecule has 0 bridgehead atoms. The van der Waals surface area contributed by atoms with Gasteiger partial charge in [-0.15, -0.1) is 0 Å². The first-order valence-electron chi connectivity index (χ1n) is 10.7. The Morgan fingerprint density at radius 1 is 0.968 bits per heavy atom. The van der Waals surface area contributed by atoms with Crippen molar-refractivity contribution in [2.24, 2.45) is 5.92 Å². The minimum absolute atomic E-state index is 0.0434. The Morgan fingerprint density at radius 3 is 2.23 bits per heavy atom. The lowest BCUT2D eigenvalue weighted by Crippen LogP contribution is -2.38. The van der Waals surface area contributed by atoms with E-state index in [9.17, 15) is 14.4 Å². The molecule has 0 aromatic heterocycles. The van der Waals surface area contributed by atoms with Crippen LogP contribution in [0.15, 0.2) is 54.6 Å².